The van der Waals surface area contributed by atoms with E-state index in [2.05, 4.69) is 53.1 Å². The van der Waals surface area contributed by atoms with Crippen molar-refractivity contribution < 1.29 is 43.2 Å². The summed E-state index contributed by atoms with van der Waals surface area (Å²) in [5.74, 6) is -0.640. The van der Waals surface area contributed by atoms with Gasteiger partial charge >= 0.3 is 6.09 Å². The van der Waals surface area contributed by atoms with Gasteiger partial charge in [-0.05, 0) is 89.5 Å². The molecule has 5 aliphatic rings. The molecule has 4 aliphatic carbocycles. The summed E-state index contributed by atoms with van der Waals surface area (Å²) < 4.78 is 24.5. The lowest BCUT2D eigenvalue weighted by atomic mass is 9.46. The van der Waals surface area contributed by atoms with E-state index >= 15 is 0 Å². The van der Waals surface area contributed by atoms with Crippen molar-refractivity contribution in [3.8, 4) is 0 Å². The molecule has 1 saturated heterocycles. The second-order valence-corrected chi connectivity index (χ2v) is 17.4. The highest BCUT2D eigenvalue weighted by Crippen LogP contribution is 2.74. The van der Waals surface area contributed by atoms with E-state index in [1.807, 2.05) is 0 Å². The molecular formula is C37H47IN2O9. The number of aliphatic hydroxyl groups excluding tert-OH is 1. The Bertz CT molecular complexity index is 1600. The first-order valence-corrected chi connectivity index (χ1v) is 18.0. The number of nitrogens with one attached hydrogen (secondary N) is 2. The highest BCUT2D eigenvalue weighted by Gasteiger charge is 2.78. The summed E-state index contributed by atoms with van der Waals surface area (Å²) in [6, 6.07) is 6.12. The van der Waals surface area contributed by atoms with Crippen molar-refractivity contribution in [3.63, 3.8) is 0 Å². The number of alkyl halides is 1. The lowest BCUT2D eigenvalue weighted by Crippen LogP contribution is -2.69. The van der Waals surface area contributed by atoms with E-state index in [9.17, 15) is 24.3 Å². The number of amides is 2. The average Bonchev–Trinajstić information content (AvgIpc) is 3.53. The number of alkyl carbamates (subject to hydrolysis) is 1. The van der Waals surface area contributed by atoms with Crippen LogP contribution < -0.4 is 10.6 Å². The lowest BCUT2D eigenvalue weighted by molar-refractivity contribution is -0.197. The molecule has 1 heterocycles. The van der Waals surface area contributed by atoms with Crippen LogP contribution in [-0.2, 0) is 33.3 Å². The molecule has 10 atom stereocenters. The van der Waals surface area contributed by atoms with Gasteiger partial charge in [0.25, 0.3) is 0 Å². The van der Waals surface area contributed by atoms with Crippen molar-refractivity contribution in [1.29, 1.82) is 0 Å². The van der Waals surface area contributed by atoms with Gasteiger partial charge in [-0.3, -0.25) is 14.4 Å². The molecule has 49 heavy (non-hydrogen) atoms. The third kappa shape index (κ3) is 5.60. The van der Waals surface area contributed by atoms with Gasteiger partial charge in [-0.25, -0.2) is 4.79 Å². The van der Waals surface area contributed by atoms with Gasteiger partial charge in [-0.2, -0.15) is 0 Å². The zero-order valence-electron chi connectivity index (χ0n) is 29.1. The fourth-order valence-corrected chi connectivity index (χ4v) is 11.2. The molecule has 266 valence electrons. The maximum atomic E-state index is 14.0. The maximum absolute atomic E-state index is 14.0. The number of ketones is 2. The molecule has 0 unspecified atom stereocenters. The minimum Gasteiger partial charge on any atom is -0.444 e. The highest BCUT2D eigenvalue weighted by atomic mass is 127. The Labute approximate surface area is 301 Å². The van der Waals surface area contributed by atoms with Gasteiger partial charge in [0.2, 0.25) is 5.91 Å². The fourth-order valence-electron chi connectivity index (χ4n) is 9.46. The van der Waals surface area contributed by atoms with Gasteiger partial charge < -0.3 is 34.7 Å². The van der Waals surface area contributed by atoms with E-state index in [0.717, 1.165) is 18.4 Å². The standard InChI is InChI=1S/C37H47IN2O9/c1-20(39-32(45)49-33(2,3)4)30(44)40-23-11-8-21(9-12-23)31-47-28-17-26-25-13-10-22-16-24(42)14-15-34(22,5)36(25,38)29(46-7)18-35(26,6)37(28,48-31)27(43)19-41/h8-9,11-12,14-16,20,25-26,28-29,31,41H,10,13,17-19H2,1-7H3,(H,39,45)(H,40,44)/t20-,25-,26-,28+,29-,31+,34-,35-,36-,37+/m0/s1. The Kier molecular flexibility index (Phi) is 9.25. The van der Waals surface area contributed by atoms with Crippen LogP contribution in [0.5, 0.6) is 0 Å². The first kappa shape index (κ1) is 36.2. The molecule has 1 aliphatic heterocycles. The molecule has 1 aromatic carbocycles. The Morgan fingerprint density at radius 1 is 1.14 bits per heavy atom. The molecule has 2 amide bonds. The maximum Gasteiger partial charge on any atom is 0.408 e. The van der Waals surface area contributed by atoms with Crippen molar-refractivity contribution in [1.82, 2.24) is 5.32 Å². The van der Waals surface area contributed by atoms with Crippen LogP contribution in [0.15, 0.2) is 48.1 Å². The summed E-state index contributed by atoms with van der Waals surface area (Å²) >= 11 is 2.58. The summed E-state index contributed by atoms with van der Waals surface area (Å²) in [7, 11) is 1.71. The van der Waals surface area contributed by atoms with Crippen LogP contribution in [0.2, 0.25) is 0 Å². The second-order valence-electron chi connectivity index (χ2n) is 15.6. The molecule has 1 aromatic rings. The van der Waals surface area contributed by atoms with Crippen LogP contribution in [0.1, 0.15) is 79.1 Å². The number of Topliss-reactive ketones (excluding diaryl/α,β-unsaturated/α-hetero) is 1. The van der Waals surface area contributed by atoms with E-state index < -0.39 is 64.9 Å². The van der Waals surface area contributed by atoms with Crippen LogP contribution in [0.3, 0.4) is 0 Å². The van der Waals surface area contributed by atoms with Gasteiger partial charge in [0, 0.05) is 29.2 Å². The third-order valence-corrected chi connectivity index (χ3v) is 14.4. The predicted molar refractivity (Wildman–Crippen MR) is 189 cm³/mol. The molecule has 0 bridgehead atoms. The van der Waals surface area contributed by atoms with Crippen LogP contribution >= 0.6 is 22.6 Å². The number of carbonyl (C=O) groups excluding carboxylic acids is 4. The number of carbonyl (C=O) groups is 4. The Balaban J connectivity index is 1.23. The van der Waals surface area contributed by atoms with Crippen molar-refractivity contribution in [2.75, 3.05) is 19.0 Å². The number of benzene rings is 1. The van der Waals surface area contributed by atoms with Crippen LogP contribution in [0.25, 0.3) is 0 Å². The van der Waals surface area contributed by atoms with E-state index in [1.54, 1.807) is 71.2 Å². The Morgan fingerprint density at radius 3 is 2.47 bits per heavy atom. The normalized spacial score (nSPS) is 38.3. The van der Waals surface area contributed by atoms with Crippen LogP contribution in [0.4, 0.5) is 10.5 Å². The predicted octanol–water partition coefficient (Wildman–Crippen LogP) is 5.35. The first-order valence-electron chi connectivity index (χ1n) is 17.0. The molecule has 3 N–H and O–H groups in total. The number of hydrogen-bond acceptors (Lipinski definition) is 9. The number of fused-ring (bicyclic) bond motifs is 7. The summed E-state index contributed by atoms with van der Waals surface area (Å²) in [6.45, 7) is 10.4. The number of aliphatic hydroxyl groups is 1. The number of methoxy groups -OCH3 is 1. The fraction of sp³-hybridized carbons (Fsp3) is 0.622. The quantitative estimate of drug-likeness (QED) is 0.246. The topological polar surface area (TPSA) is 149 Å². The highest BCUT2D eigenvalue weighted by molar-refractivity contribution is 14.1. The van der Waals surface area contributed by atoms with Gasteiger partial charge in [-0.1, -0.05) is 60.2 Å². The summed E-state index contributed by atoms with van der Waals surface area (Å²) in [6.07, 6.45) is 5.80. The molecular weight excluding hydrogens is 743 g/mol. The van der Waals surface area contributed by atoms with E-state index in [1.165, 1.54) is 0 Å². The SMILES string of the molecule is CO[C@H]1C[C@@]2(C)[C@@H](C[C@H]3O[C@@H](c4ccc(NC(=O)[C@H](C)NC(=O)OC(C)(C)C)cc4)O[C@]32C(=O)CO)[C@@H]2CCC3=CC(=O)C=C[C@]3(C)[C@@]12I. The Morgan fingerprint density at radius 2 is 1.84 bits per heavy atom. The number of hydrogen-bond donors (Lipinski definition) is 3. The van der Waals surface area contributed by atoms with E-state index in [0.29, 0.717) is 24.1 Å². The largest absolute Gasteiger partial charge is 0.444 e. The zero-order valence-corrected chi connectivity index (χ0v) is 31.3. The third-order valence-electron chi connectivity index (χ3n) is 11.8. The number of ether oxygens (including phenoxy) is 4. The summed E-state index contributed by atoms with van der Waals surface area (Å²) in [4.78, 5) is 51.2. The summed E-state index contributed by atoms with van der Waals surface area (Å²) in [5.41, 5.74) is -0.896. The van der Waals surface area contributed by atoms with E-state index in [-0.39, 0.29) is 27.1 Å². The second kappa shape index (κ2) is 12.5. The van der Waals surface area contributed by atoms with Crippen molar-refractivity contribution >= 4 is 51.8 Å². The van der Waals surface area contributed by atoms with Crippen molar-refractivity contribution in [2.45, 2.75) is 106 Å². The van der Waals surface area contributed by atoms with Gasteiger partial charge in [0.05, 0.1) is 15.6 Å². The number of anilines is 1. The van der Waals surface area contributed by atoms with Crippen LogP contribution in [-0.4, -0.2) is 75.3 Å². The number of rotatable bonds is 7. The molecule has 12 heteroatoms. The molecule has 11 nitrogen and oxygen atoms in total. The number of allylic oxidation sites excluding steroid dienone is 4. The van der Waals surface area contributed by atoms with Gasteiger partial charge in [0.15, 0.2) is 23.5 Å². The molecule has 0 spiro atoms. The van der Waals surface area contributed by atoms with Crippen molar-refractivity contribution in [2.24, 2.45) is 22.7 Å². The molecule has 4 fully saturated rings. The van der Waals surface area contributed by atoms with Crippen molar-refractivity contribution in [3.05, 3.63) is 53.6 Å². The average molecular weight is 791 g/mol. The smallest absolute Gasteiger partial charge is 0.408 e. The molecule has 3 saturated carbocycles. The molecule has 0 aromatic heterocycles. The monoisotopic (exact) mass is 790 g/mol. The zero-order chi connectivity index (χ0) is 35.7. The minimum atomic E-state index is -1.39. The Hall–Kier alpha value is -2.65. The number of halogens is 1. The van der Waals surface area contributed by atoms with E-state index in [4.69, 9.17) is 18.9 Å². The van der Waals surface area contributed by atoms with Crippen LogP contribution in [0, 0.1) is 22.7 Å². The van der Waals surface area contributed by atoms with Gasteiger partial charge in [-0.15, -0.1) is 0 Å². The van der Waals surface area contributed by atoms with Gasteiger partial charge in [0.1, 0.15) is 18.2 Å². The molecule has 6 rings (SSSR count). The minimum absolute atomic E-state index is 0.0106. The first-order chi connectivity index (χ1) is 22.9. The summed E-state index contributed by atoms with van der Waals surface area (Å²) in [5, 5.41) is 15.7. The molecule has 0 radical (unpaired) electrons. The lowest BCUT2D eigenvalue weighted by Gasteiger charge is -2.65.